The first-order valence-electron chi connectivity index (χ1n) is 5.30. The highest BCUT2D eigenvalue weighted by Crippen LogP contribution is 2.32. The van der Waals surface area contributed by atoms with Crippen LogP contribution >= 0.6 is 0 Å². The van der Waals surface area contributed by atoms with Crippen LogP contribution in [0.5, 0.6) is 5.88 Å². The Labute approximate surface area is 89.7 Å². The minimum Gasteiger partial charge on any atom is -0.477 e. The molecule has 1 saturated carbocycles. The molecule has 1 aliphatic carbocycles. The van der Waals surface area contributed by atoms with Gasteiger partial charge in [-0.25, -0.2) is 4.98 Å². The number of aryl methyl sites for hydroxylation is 1. The van der Waals surface area contributed by atoms with E-state index in [0.29, 0.717) is 18.1 Å². The molecule has 0 bridgehead atoms. The summed E-state index contributed by atoms with van der Waals surface area (Å²) in [6.07, 6.45) is 3.74. The van der Waals surface area contributed by atoms with Gasteiger partial charge in [-0.2, -0.15) is 5.26 Å². The van der Waals surface area contributed by atoms with Gasteiger partial charge in [-0.3, -0.25) is 0 Å². The van der Waals surface area contributed by atoms with Crippen molar-refractivity contribution in [2.24, 2.45) is 5.92 Å². The minimum atomic E-state index is 0.484. The van der Waals surface area contributed by atoms with Crippen LogP contribution < -0.4 is 4.74 Å². The molecule has 3 nitrogen and oxygen atoms in total. The molecule has 0 spiro atoms. The third-order valence-electron chi connectivity index (χ3n) is 2.58. The van der Waals surface area contributed by atoms with Crippen LogP contribution in [0.15, 0.2) is 12.1 Å². The molecule has 0 atom stereocenters. The van der Waals surface area contributed by atoms with Crippen LogP contribution in [0, 0.1) is 24.2 Å². The fourth-order valence-electron chi connectivity index (χ4n) is 1.46. The Morgan fingerprint density at radius 2 is 2.33 bits per heavy atom. The quantitative estimate of drug-likeness (QED) is 0.753. The summed E-state index contributed by atoms with van der Waals surface area (Å²) < 4.78 is 5.53. The number of aromatic nitrogens is 1. The van der Waals surface area contributed by atoms with Crippen LogP contribution in [0.2, 0.25) is 0 Å². The monoisotopic (exact) mass is 202 g/mol. The van der Waals surface area contributed by atoms with Crippen molar-refractivity contribution < 1.29 is 4.74 Å². The Balaban J connectivity index is 1.98. The van der Waals surface area contributed by atoms with Crippen LogP contribution in [0.3, 0.4) is 0 Å². The van der Waals surface area contributed by atoms with E-state index in [1.165, 1.54) is 12.8 Å². The lowest BCUT2D eigenvalue weighted by Gasteiger charge is -2.06. The van der Waals surface area contributed by atoms with Gasteiger partial charge in [-0.1, -0.05) is 12.8 Å². The van der Waals surface area contributed by atoms with Gasteiger partial charge >= 0.3 is 0 Å². The summed E-state index contributed by atoms with van der Waals surface area (Å²) in [6, 6.07) is 5.67. The number of nitriles is 1. The molecule has 1 aromatic heterocycles. The van der Waals surface area contributed by atoms with E-state index in [1.807, 2.05) is 13.0 Å². The van der Waals surface area contributed by atoms with Gasteiger partial charge in [-0.05, 0) is 31.4 Å². The lowest BCUT2D eigenvalue weighted by Crippen LogP contribution is -2.02. The summed E-state index contributed by atoms with van der Waals surface area (Å²) >= 11 is 0. The fourth-order valence-corrected chi connectivity index (χ4v) is 1.46. The smallest absolute Gasteiger partial charge is 0.231 e. The SMILES string of the molecule is Cc1ccc(C#N)c(OCCC2CC2)n1. The Morgan fingerprint density at radius 3 is 3.00 bits per heavy atom. The van der Waals surface area contributed by atoms with Gasteiger partial charge in [0.05, 0.1) is 6.61 Å². The predicted octanol–water partition coefficient (Wildman–Crippen LogP) is 2.44. The second-order valence-corrected chi connectivity index (χ2v) is 4.00. The normalized spacial score (nSPS) is 14.7. The zero-order valence-corrected chi connectivity index (χ0v) is 8.86. The van der Waals surface area contributed by atoms with Gasteiger partial charge in [-0.15, -0.1) is 0 Å². The average Bonchev–Trinajstić information content (AvgIpc) is 3.02. The maximum Gasteiger partial charge on any atom is 0.231 e. The molecule has 1 aromatic rings. The van der Waals surface area contributed by atoms with Crippen molar-refractivity contribution >= 4 is 0 Å². The topological polar surface area (TPSA) is 45.9 Å². The van der Waals surface area contributed by atoms with Crippen molar-refractivity contribution in [2.75, 3.05) is 6.61 Å². The van der Waals surface area contributed by atoms with Crippen molar-refractivity contribution in [3.05, 3.63) is 23.4 Å². The van der Waals surface area contributed by atoms with Crippen LogP contribution in [0.1, 0.15) is 30.5 Å². The number of rotatable bonds is 4. The zero-order chi connectivity index (χ0) is 10.7. The van der Waals surface area contributed by atoms with E-state index in [9.17, 15) is 0 Å². The highest BCUT2D eigenvalue weighted by atomic mass is 16.5. The van der Waals surface area contributed by atoms with E-state index < -0.39 is 0 Å². The average molecular weight is 202 g/mol. The first-order chi connectivity index (χ1) is 7.29. The van der Waals surface area contributed by atoms with Gasteiger partial charge in [0.2, 0.25) is 5.88 Å². The standard InChI is InChI=1S/C12H14N2O/c1-9-2-5-11(8-13)12(14-9)15-7-6-10-3-4-10/h2,5,10H,3-4,6-7H2,1H3. The highest BCUT2D eigenvalue weighted by Gasteiger charge is 2.21. The maximum atomic E-state index is 8.86. The van der Waals surface area contributed by atoms with Crippen LogP contribution in [-0.2, 0) is 0 Å². The van der Waals surface area contributed by atoms with Crippen molar-refractivity contribution in [1.82, 2.24) is 4.98 Å². The molecule has 3 heteroatoms. The Bertz CT molecular complexity index is 391. The van der Waals surface area contributed by atoms with E-state index in [2.05, 4.69) is 11.1 Å². The number of nitrogens with zero attached hydrogens (tertiary/aromatic N) is 2. The molecule has 0 unspecified atom stereocenters. The summed E-state index contributed by atoms with van der Waals surface area (Å²) in [6.45, 7) is 2.57. The summed E-state index contributed by atoms with van der Waals surface area (Å²) in [7, 11) is 0. The lowest BCUT2D eigenvalue weighted by atomic mass is 10.2. The maximum absolute atomic E-state index is 8.86. The predicted molar refractivity (Wildman–Crippen MR) is 56.5 cm³/mol. The molecule has 2 rings (SSSR count). The Hall–Kier alpha value is -1.56. The molecule has 1 aliphatic rings. The van der Waals surface area contributed by atoms with Crippen molar-refractivity contribution in [3.8, 4) is 11.9 Å². The minimum absolute atomic E-state index is 0.484. The summed E-state index contributed by atoms with van der Waals surface area (Å²) in [5, 5.41) is 8.86. The second kappa shape index (κ2) is 4.31. The molecule has 0 aromatic carbocycles. The van der Waals surface area contributed by atoms with E-state index in [-0.39, 0.29) is 0 Å². The molecule has 0 saturated heterocycles. The van der Waals surface area contributed by atoms with Crippen LogP contribution in [0.25, 0.3) is 0 Å². The largest absolute Gasteiger partial charge is 0.477 e. The zero-order valence-electron chi connectivity index (χ0n) is 8.86. The second-order valence-electron chi connectivity index (χ2n) is 4.00. The van der Waals surface area contributed by atoms with Crippen molar-refractivity contribution in [1.29, 1.82) is 5.26 Å². The Kier molecular flexibility index (Phi) is 2.86. The summed E-state index contributed by atoms with van der Waals surface area (Å²) in [5.74, 6) is 1.33. The number of hydrogen-bond donors (Lipinski definition) is 0. The van der Waals surface area contributed by atoms with Gasteiger partial charge in [0, 0.05) is 5.69 Å². The molecular weight excluding hydrogens is 188 g/mol. The third kappa shape index (κ3) is 2.69. The first kappa shape index (κ1) is 9.97. The van der Waals surface area contributed by atoms with E-state index in [4.69, 9.17) is 10.00 Å². The van der Waals surface area contributed by atoms with Gasteiger partial charge in [0.1, 0.15) is 11.6 Å². The van der Waals surface area contributed by atoms with Gasteiger partial charge < -0.3 is 4.74 Å². The third-order valence-corrected chi connectivity index (χ3v) is 2.58. The van der Waals surface area contributed by atoms with E-state index in [1.54, 1.807) is 6.07 Å². The molecule has 1 fully saturated rings. The van der Waals surface area contributed by atoms with Crippen molar-refractivity contribution in [2.45, 2.75) is 26.2 Å². The molecule has 0 aliphatic heterocycles. The molecular formula is C12H14N2O. The van der Waals surface area contributed by atoms with Crippen LogP contribution in [-0.4, -0.2) is 11.6 Å². The van der Waals surface area contributed by atoms with Gasteiger partial charge in [0.15, 0.2) is 0 Å². The van der Waals surface area contributed by atoms with E-state index in [0.717, 1.165) is 18.0 Å². The van der Waals surface area contributed by atoms with Gasteiger partial charge in [0.25, 0.3) is 0 Å². The van der Waals surface area contributed by atoms with E-state index >= 15 is 0 Å². The number of hydrogen-bond acceptors (Lipinski definition) is 3. The lowest BCUT2D eigenvalue weighted by molar-refractivity contribution is 0.290. The molecule has 1 heterocycles. The number of ether oxygens (including phenoxy) is 1. The highest BCUT2D eigenvalue weighted by molar-refractivity contribution is 5.38. The molecule has 0 radical (unpaired) electrons. The summed E-state index contributed by atoms with van der Waals surface area (Å²) in [4.78, 5) is 4.22. The molecule has 15 heavy (non-hydrogen) atoms. The fraction of sp³-hybridized carbons (Fsp3) is 0.500. The first-order valence-corrected chi connectivity index (χ1v) is 5.30. The Morgan fingerprint density at radius 1 is 1.53 bits per heavy atom. The van der Waals surface area contributed by atoms with Crippen molar-refractivity contribution in [3.63, 3.8) is 0 Å². The van der Waals surface area contributed by atoms with Crippen LogP contribution in [0.4, 0.5) is 0 Å². The number of pyridine rings is 1. The molecule has 0 amide bonds. The molecule has 0 N–H and O–H groups in total. The molecule has 78 valence electrons. The summed E-state index contributed by atoms with van der Waals surface area (Å²) in [5.41, 5.74) is 1.41.